The van der Waals surface area contributed by atoms with Crippen molar-refractivity contribution in [2.75, 3.05) is 65.9 Å². The van der Waals surface area contributed by atoms with Gasteiger partial charge in [0.1, 0.15) is 39.6 Å². The van der Waals surface area contributed by atoms with Gasteiger partial charge in [0.15, 0.2) is 0 Å². The van der Waals surface area contributed by atoms with Crippen molar-refractivity contribution in [2.45, 2.75) is 283 Å². The van der Waals surface area contributed by atoms with E-state index < -0.39 is 11.8 Å². The van der Waals surface area contributed by atoms with Gasteiger partial charge < -0.3 is 38.4 Å². The fourth-order valence-corrected chi connectivity index (χ4v) is 12.7. The molecule has 4 saturated carbocycles. The molecule has 0 aromatic carbocycles. The molecule has 0 saturated heterocycles. The van der Waals surface area contributed by atoms with E-state index in [9.17, 15) is 33.9 Å². The van der Waals surface area contributed by atoms with Gasteiger partial charge in [0, 0.05) is 45.1 Å². The molecule has 4 aliphatic carbocycles. The molecule has 14 nitrogen and oxygen atoms in total. The van der Waals surface area contributed by atoms with Crippen LogP contribution in [0, 0.1) is 35.5 Å². The van der Waals surface area contributed by atoms with E-state index in [4.69, 9.17) is 28.4 Å². The summed E-state index contributed by atoms with van der Waals surface area (Å²) < 4.78 is 33.8. The average molecular weight is 1130 g/mol. The molecule has 4 rings (SSSR count). The van der Waals surface area contributed by atoms with Gasteiger partial charge in [-0.25, -0.2) is 0 Å². The Balaban J connectivity index is 1.08. The Hall–Kier alpha value is -3.26. The van der Waals surface area contributed by atoms with Gasteiger partial charge in [-0.15, -0.1) is 0 Å². The van der Waals surface area contributed by atoms with Crippen molar-refractivity contribution in [3.8, 4) is 0 Å². The standard InChI is InChI=1S/C66H115NO13/c68-48-47-67(45-25-5-15-39-61(69)75-49-59(51-77-63(71)41-21-17-35-55-27-7-1-8-28-55)52-78-64(72)42-22-18-36-56-29-9-2-10-30-56)46-26-6-16-40-62(70)76-50-60(53-79-65(73)43-23-19-37-57-31-11-3-12-32-57)54-80-66(74)44-24-20-38-58-33-13-4-14-34-58/h55-60,68H,1-54H2. The molecule has 0 spiro atoms. The van der Waals surface area contributed by atoms with Gasteiger partial charge in [-0.3, -0.25) is 28.8 Å². The van der Waals surface area contributed by atoms with Crippen molar-refractivity contribution >= 4 is 35.8 Å². The number of hydrogen-bond acceptors (Lipinski definition) is 14. The Labute approximate surface area is 485 Å². The number of ether oxygens (including phenoxy) is 6. The number of hydrogen-bond donors (Lipinski definition) is 1. The Bertz CT molecular complexity index is 1420. The number of unbranched alkanes of at least 4 members (excludes halogenated alkanes) is 8. The molecule has 0 radical (unpaired) electrons. The van der Waals surface area contributed by atoms with Crippen molar-refractivity contribution in [1.82, 2.24) is 4.90 Å². The quantitative estimate of drug-likeness (QED) is 0.0345. The van der Waals surface area contributed by atoms with Gasteiger partial charge in [0.2, 0.25) is 0 Å². The van der Waals surface area contributed by atoms with E-state index in [-0.39, 0.29) is 94.9 Å². The van der Waals surface area contributed by atoms with Gasteiger partial charge in [-0.05, 0) is 88.1 Å². The van der Waals surface area contributed by atoms with Crippen molar-refractivity contribution < 1.29 is 62.3 Å². The van der Waals surface area contributed by atoms with E-state index in [1.807, 2.05) is 0 Å². The Kier molecular flexibility index (Phi) is 39.9. The van der Waals surface area contributed by atoms with Crippen LogP contribution in [-0.2, 0) is 57.2 Å². The maximum atomic E-state index is 12.9. The highest BCUT2D eigenvalue weighted by atomic mass is 16.6. The first-order valence-corrected chi connectivity index (χ1v) is 33.4. The van der Waals surface area contributed by atoms with Gasteiger partial charge >= 0.3 is 35.8 Å². The lowest BCUT2D eigenvalue weighted by Gasteiger charge is -2.21. The van der Waals surface area contributed by atoms with Crippen LogP contribution >= 0.6 is 0 Å². The minimum atomic E-state index is -0.433. The summed E-state index contributed by atoms with van der Waals surface area (Å²) in [4.78, 5) is 78.8. The molecule has 462 valence electrons. The monoisotopic (exact) mass is 1130 g/mol. The molecule has 80 heavy (non-hydrogen) atoms. The van der Waals surface area contributed by atoms with Gasteiger partial charge in [-0.1, -0.05) is 193 Å². The molecule has 0 amide bonds. The van der Waals surface area contributed by atoms with E-state index in [0.29, 0.717) is 45.1 Å². The molecule has 0 atom stereocenters. The number of carbonyl (C=O) groups is 6. The van der Waals surface area contributed by atoms with Crippen LogP contribution in [0.3, 0.4) is 0 Å². The van der Waals surface area contributed by atoms with Gasteiger partial charge in [0.05, 0.1) is 18.4 Å². The van der Waals surface area contributed by atoms with Gasteiger partial charge in [-0.2, -0.15) is 0 Å². The molecular formula is C66H115NO13. The summed E-state index contributed by atoms with van der Waals surface area (Å²) in [6.45, 7) is 2.30. The lowest BCUT2D eigenvalue weighted by atomic mass is 9.86. The van der Waals surface area contributed by atoms with E-state index in [1.165, 1.54) is 154 Å². The van der Waals surface area contributed by atoms with Crippen molar-refractivity contribution in [2.24, 2.45) is 35.5 Å². The number of rotatable bonds is 46. The number of nitrogens with zero attached hydrogens (tertiary/aromatic N) is 1. The van der Waals surface area contributed by atoms with Crippen LogP contribution in [0.5, 0.6) is 0 Å². The summed E-state index contributed by atoms with van der Waals surface area (Å²) in [6, 6.07) is 0. The first kappa shape index (κ1) is 69.2. The van der Waals surface area contributed by atoms with Crippen LogP contribution in [0.1, 0.15) is 283 Å². The second-order valence-corrected chi connectivity index (χ2v) is 25.0. The van der Waals surface area contributed by atoms with Crippen LogP contribution in [0.2, 0.25) is 0 Å². The molecule has 4 aliphatic rings. The first-order chi connectivity index (χ1) is 39.1. The maximum Gasteiger partial charge on any atom is 0.305 e. The average Bonchev–Trinajstić information content (AvgIpc) is 3.47. The SMILES string of the molecule is O=C(CCCCCN(CCO)CCCCCC(=O)OCC(COC(=O)CCCCC1CCCCC1)COC(=O)CCCCC1CCCCC1)OCC(COC(=O)CCCCC1CCCCC1)COC(=O)CCCCC1CCCCC1. The summed E-state index contributed by atoms with van der Waals surface area (Å²) in [6.07, 6.45) is 44.8. The predicted octanol–water partition coefficient (Wildman–Crippen LogP) is 14.5. The minimum Gasteiger partial charge on any atom is -0.465 e. The smallest absolute Gasteiger partial charge is 0.305 e. The largest absolute Gasteiger partial charge is 0.465 e. The number of aliphatic hydroxyl groups excluding tert-OH is 1. The summed E-state index contributed by atoms with van der Waals surface area (Å²) in [5.41, 5.74) is 0. The number of carbonyl (C=O) groups excluding carboxylic acids is 6. The van der Waals surface area contributed by atoms with E-state index >= 15 is 0 Å². The third-order valence-electron chi connectivity index (χ3n) is 17.9. The molecule has 0 bridgehead atoms. The summed E-state index contributed by atoms with van der Waals surface area (Å²) in [5.74, 6) is 0.545. The van der Waals surface area contributed by atoms with Crippen LogP contribution in [-0.4, -0.2) is 112 Å². The number of esters is 6. The Morgan fingerprint density at radius 2 is 0.525 bits per heavy atom. The molecule has 14 heteroatoms. The highest BCUT2D eigenvalue weighted by Crippen LogP contribution is 2.31. The number of aliphatic hydroxyl groups is 1. The fraction of sp³-hybridized carbons (Fsp3) is 0.909. The van der Waals surface area contributed by atoms with E-state index in [0.717, 1.165) is 114 Å². The molecule has 0 heterocycles. The van der Waals surface area contributed by atoms with Crippen LogP contribution < -0.4 is 0 Å². The summed E-state index contributed by atoms with van der Waals surface area (Å²) >= 11 is 0. The topological polar surface area (TPSA) is 181 Å². The Morgan fingerprint density at radius 3 is 0.750 bits per heavy atom. The third kappa shape index (κ3) is 36.3. The summed E-state index contributed by atoms with van der Waals surface area (Å²) in [7, 11) is 0. The second kappa shape index (κ2) is 46.2. The van der Waals surface area contributed by atoms with Crippen LogP contribution in [0.4, 0.5) is 0 Å². The molecule has 0 aliphatic heterocycles. The first-order valence-electron chi connectivity index (χ1n) is 33.4. The van der Waals surface area contributed by atoms with Crippen molar-refractivity contribution in [1.29, 1.82) is 0 Å². The lowest BCUT2D eigenvalue weighted by Crippen LogP contribution is -2.29. The second-order valence-electron chi connectivity index (χ2n) is 25.0. The highest BCUT2D eigenvalue weighted by Gasteiger charge is 2.22. The Morgan fingerprint density at radius 1 is 0.300 bits per heavy atom. The van der Waals surface area contributed by atoms with Crippen molar-refractivity contribution in [3.05, 3.63) is 0 Å². The fourth-order valence-electron chi connectivity index (χ4n) is 12.7. The maximum absolute atomic E-state index is 12.9. The molecule has 0 aromatic heterocycles. The molecule has 0 aromatic rings. The molecule has 0 unspecified atom stereocenters. The van der Waals surface area contributed by atoms with Crippen LogP contribution in [0.15, 0.2) is 0 Å². The normalized spacial score (nSPS) is 16.9. The molecule has 4 fully saturated rings. The zero-order chi connectivity index (χ0) is 56.9. The van der Waals surface area contributed by atoms with E-state index in [2.05, 4.69) is 4.90 Å². The zero-order valence-electron chi connectivity index (χ0n) is 50.4. The highest BCUT2D eigenvalue weighted by molar-refractivity contribution is 5.71. The van der Waals surface area contributed by atoms with E-state index in [1.54, 1.807) is 0 Å². The van der Waals surface area contributed by atoms with Crippen molar-refractivity contribution in [3.63, 3.8) is 0 Å². The summed E-state index contributed by atoms with van der Waals surface area (Å²) in [5, 5.41) is 9.77. The molecular weight excluding hydrogens is 1010 g/mol. The minimum absolute atomic E-state index is 0.0139. The molecule has 1 N–H and O–H groups in total. The zero-order valence-corrected chi connectivity index (χ0v) is 50.4. The van der Waals surface area contributed by atoms with Gasteiger partial charge in [0.25, 0.3) is 0 Å². The van der Waals surface area contributed by atoms with Crippen LogP contribution in [0.25, 0.3) is 0 Å². The lowest BCUT2D eigenvalue weighted by molar-refractivity contribution is -0.156. The predicted molar refractivity (Wildman–Crippen MR) is 313 cm³/mol. The third-order valence-corrected chi connectivity index (χ3v) is 17.9.